The fourth-order valence-electron chi connectivity index (χ4n) is 2.83. The smallest absolute Gasteiger partial charge is 0.0594 e. The molecule has 0 aromatic rings. The van der Waals surface area contributed by atoms with E-state index in [9.17, 15) is 0 Å². The van der Waals surface area contributed by atoms with Gasteiger partial charge >= 0.3 is 0 Å². The molecule has 0 rings (SSSR count). The molecule has 0 aliphatic rings. The van der Waals surface area contributed by atoms with Gasteiger partial charge in [-0.3, -0.25) is 0 Å². The minimum Gasteiger partial charge on any atom is -0.0654 e. The number of hydrogen-bond donors (Lipinski definition) is 0. The Morgan fingerprint density at radius 2 is 1.12 bits per heavy atom. The Labute approximate surface area is 111 Å². The Balaban J connectivity index is 3.97. The molecular weight excluding hydrogens is 223 g/mol. The van der Waals surface area contributed by atoms with Crippen molar-refractivity contribution in [2.75, 3.05) is 24.6 Å². The molecule has 104 valence electrons. The van der Waals surface area contributed by atoms with E-state index in [0.717, 1.165) is 0 Å². The van der Waals surface area contributed by atoms with Crippen molar-refractivity contribution >= 4 is 7.26 Å². The fourth-order valence-corrected chi connectivity index (χ4v) is 7.28. The quantitative estimate of drug-likeness (QED) is 0.289. The van der Waals surface area contributed by atoms with E-state index in [1.807, 2.05) is 0 Å². The van der Waals surface area contributed by atoms with Gasteiger partial charge in [0.25, 0.3) is 0 Å². The van der Waals surface area contributed by atoms with Crippen molar-refractivity contribution in [3.05, 3.63) is 0 Å². The van der Waals surface area contributed by atoms with E-state index < -0.39 is 7.26 Å². The van der Waals surface area contributed by atoms with Gasteiger partial charge in [0.05, 0.1) is 24.6 Å². The summed E-state index contributed by atoms with van der Waals surface area (Å²) in [6.07, 6.45) is 17.8. The standard InChI is InChI=1S/C16H36P/c1-5-9-11-12-13-16-17(8-4,14-7-3)15-10-6-2/h5-16H2,1-4H3/q+1. The lowest BCUT2D eigenvalue weighted by Gasteiger charge is -2.26. The molecule has 0 aromatic carbocycles. The summed E-state index contributed by atoms with van der Waals surface area (Å²) >= 11 is 0. The highest BCUT2D eigenvalue weighted by Crippen LogP contribution is 2.60. The minimum atomic E-state index is -0.542. The van der Waals surface area contributed by atoms with Crippen LogP contribution in [0.1, 0.15) is 79.1 Å². The summed E-state index contributed by atoms with van der Waals surface area (Å²) in [5.74, 6) is 0. The van der Waals surface area contributed by atoms with E-state index in [2.05, 4.69) is 27.7 Å². The number of hydrogen-bond acceptors (Lipinski definition) is 0. The van der Waals surface area contributed by atoms with E-state index in [4.69, 9.17) is 0 Å². The zero-order chi connectivity index (χ0) is 13.0. The molecule has 17 heavy (non-hydrogen) atoms. The first-order valence-corrected chi connectivity index (χ1v) is 10.6. The lowest BCUT2D eigenvalue weighted by atomic mass is 10.2. The zero-order valence-corrected chi connectivity index (χ0v) is 13.8. The fraction of sp³-hybridized carbons (Fsp3) is 1.00. The summed E-state index contributed by atoms with van der Waals surface area (Å²) in [6, 6.07) is 0. The lowest BCUT2D eigenvalue weighted by Crippen LogP contribution is -2.10. The molecule has 0 saturated heterocycles. The highest BCUT2D eigenvalue weighted by molar-refractivity contribution is 7.75. The zero-order valence-electron chi connectivity index (χ0n) is 12.9. The second kappa shape index (κ2) is 11.5. The topological polar surface area (TPSA) is 0 Å². The van der Waals surface area contributed by atoms with Gasteiger partial charge in [-0.25, -0.2) is 0 Å². The van der Waals surface area contributed by atoms with Gasteiger partial charge in [-0.15, -0.1) is 0 Å². The van der Waals surface area contributed by atoms with Crippen LogP contribution in [0, 0.1) is 0 Å². The first-order chi connectivity index (χ1) is 8.24. The molecule has 0 fully saturated rings. The molecule has 0 bridgehead atoms. The van der Waals surface area contributed by atoms with Crippen LogP contribution in [0.3, 0.4) is 0 Å². The van der Waals surface area contributed by atoms with E-state index >= 15 is 0 Å². The van der Waals surface area contributed by atoms with Crippen LogP contribution in [0.5, 0.6) is 0 Å². The summed E-state index contributed by atoms with van der Waals surface area (Å²) in [4.78, 5) is 0. The van der Waals surface area contributed by atoms with Crippen molar-refractivity contribution in [3.8, 4) is 0 Å². The Bertz CT molecular complexity index is 156. The van der Waals surface area contributed by atoms with Crippen molar-refractivity contribution in [3.63, 3.8) is 0 Å². The van der Waals surface area contributed by atoms with Gasteiger partial charge in [-0.1, -0.05) is 46.5 Å². The number of unbranched alkanes of at least 4 members (excludes halogenated alkanes) is 5. The molecule has 0 amide bonds. The predicted molar refractivity (Wildman–Crippen MR) is 86.0 cm³/mol. The second-order valence-electron chi connectivity index (χ2n) is 5.60. The van der Waals surface area contributed by atoms with Crippen LogP contribution in [-0.4, -0.2) is 24.6 Å². The maximum atomic E-state index is 2.46. The summed E-state index contributed by atoms with van der Waals surface area (Å²) in [6.45, 7) is 9.50. The maximum absolute atomic E-state index is 2.46. The first kappa shape index (κ1) is 17.4. The Morgan fingerprint density at radius 1 is 0.529 bits per heavy atom. The highest BCUT2D eigenvalue weighted by Gasteiger charge is 2.32. The third-order valence-corrected chi connectivity index (χ3v) is 9.36. The van der Waals surface area contributed by atoms with Gasteiger partial charge in [0.15, 0.2) is 0 Å². The van der Waals surface area contributed by atoms with Crippen molar-refractivity contribution in [1.29, 1.82) is 0 Å². The summed E-state index contributed by atoms with van der Waals surface area (Å²) in [5.41, 5.74) is 0. The molecule has 0 N–H and O–H groups in total. The molecule has 1 atom stereocenters. The third kappa shape index (κ3) is 8.20. The van der Waals surface area contributed by atoms with Gasteiger partial charge in [0.2, 0.25) is 0 Å². The predicted octanol–water partition coefficient (Wildman–Crippen LogP) is 6.20. The maximum Gasteiger partial charge on any atom is 0.0594 e. The van der Waals surface area contributed by atoms with Gasteiger partial charge in [0, 0.05) is 7.26 Å². The number of rotatable bonds is 12. The van der Waals surface area contributed by atoms with Crippen LogP contribution in [0.25, 0.3) is 0 Å². The van der Waals surface area contributed by atoms with Crippen LogP contribution in [0.2, 0.25) is 0 Å². The second-order valence-corrected chi connectivity index (χ2v) is 10.3. The average Bonchev–Trinajstić information content (AvgIpc) is 2.35. The van der Waals surface area contributed by atoms with Gasteiger partial charge in [-0.2, -0.15) is 0 Å². The third-order valence-electron chi connectivity index (χ3n) is 4.09. The summed E-state index contributed by atoms with van der Waals surface area (Å²) < 4.78 is 0. The van der Waals surface area contributed by atoms with Crippen LogP contribution in [0.4, 0.5) is 0 Å². The van der Waals surface area contributed by atoms with E-state index in [1.165, 1.54) is 57.5 Å². The first-order valence-electron chi connectivity index (χ1n) is 8.09. The van der Waals surface area contributed by atoms with Gasteiger partial charge in [0.1, 0.15) is 0 Å². The Morgan fingerprint density at radius 3 is 1.65 bits per heavy atom. The normalized spacial score (nSPS) is 14.8. The Hall–Kier alpha value is 0.430. The van der Waals surface area contributed by atoms with Crippen molar-refractivity contribution in [2.24, 2.45) is 0 Å². The highest BCUT2D eigenvalue weighted by atomic mass is 31.2. The molecule has 0 radical (unpaired) electrons. The monoisotopic (exact) mass is 259 g/mol. The van der Waals surface area contributed by atoms with E-state index in [-0.39, 0.29) is 0 Å². The minimum absolute atomic E-state index is 0.542. The molecule has 0 nitrogen and oxygen atoms in total. The van der Waals surface area contributed by atoms with Crippen molar-refractivity contribution < 1.29 is 0 Å². The van der Waals surface area contributed by atoms with Crippen LogP contribution >= 0.6 is 7.26 Å². The molecule has 0 heterocycles. The van der Waals surface area contributed by atoms with Crippen LogP contribution in [-0.2, 0) is 0 Å². The van der Waals surface area contributed by atoms with Crippen molar-refractivity contribution in [2.45, 2.75) is 79.1 Å². The van der Waals surface area contributed by atoms with Gasteiger partial charge in [-0.05, 0) is 32.6 Å². The SMILES string of the molecule is CCCCCCC[P+](CC)(CCC)CCCC. The largest absolute Gasteiger partial charge is 0.0654 e. The van der Waals surface area contributed by atoms with Crippen LogP contribution in [0.15, 0.2) is 0 Å². The summed E-state index contributed by atoms with van der Waals surface area (Å²) in [7, 11) is -0.542. The molecular formula is C16H36P+. The van der Waals surface area contributed by atoms with E-state index in [1.54, 1.807) is 18.5 Å². The molecule has 1 heteroatoms. The van der Waals surface area contributed by atoms with Gasteiger partial charge < -0.3 is 0 Å². The molecule has 0 spiro atoms. The Kier molecular flexibility index (Phi) is 11.8. The average molecular weight is 259 g/mol. The van der Waals surface area contributed by atoms with E-state index in [0.29, 0.717) is 0 Å². The molecule has 0 aliphatic heterocycles. The lowest BCUT2D eigenvalue weighted by molar-refractivity contribution is 0.656. The summed E-state index contributed by atoms with van der Waals surface area (Å²) in [5, 5.41) is 0. The van der Waals surface area contributed by atoms with Crippen molar-refractivity contribution in [1.82, 2.24) is 0 Å². The molecule has 0 aliphatic carbocycles. The molecule has 0 saturated carbocycles. The van der Waals surface area contributed by atoms with Crippen LogP contribution < -0.4 is 0 Å². The molecule has 1 unspecified atom stereocenters. The molecule has 0 aromatic heterocycles.